The molecule has 0 unspecified atom stereocenters. The van der Waals surface area contributed by atoms with Gasteiger partial charge in [0.05, 0.1) is 13.4 Å². The summed E-state index contributed by atoms with van der Waals surface area (Å²) in [7, 11) is 1.68. The molecule has 1 aromatic heterocycles. The van der Waals surface area contributed by atoms with Crippen molar-refractivity contribution < 1.29 is 9.15 Å². The van der Waals surface area contributed by atoms with Gasteiger partial charge in [-0.25, -0.2) is 0 Å². The van der Waals surface area contributed by atoms with Crippen molar-refractivity contribution >= 4 is 22.7 Å². The zero-order valence-electron chi connectivity index (χ0n) is 16.0. The molecule has 28 heavy (non-hydrogen) atoms. The van der Waals surface area contributed by atoms with Crippen molar-refractivity contribution in [3.63, 3.8) is 0 Å². The van der Waals surface area contributed by atoms with Gasteiger partial charge in [0.25, 0.3) is 0 Å². The molecule has 2 nitrogen and oxygen atoms in total. The van der Waals surface area contributed by atoms with E-state index in [-0.39, 0.29) is 0 Å². The number of para-hydroxylation sites is 1. The summed E-state index contributed by atoms with van der Waals surface area (Å²) in [6.07, 6.45) is 2.98. The van der Waals surface area contributed by atoms with Gasteiger partial charge in [0, 0.05) is 22.6 Å². The fourth-order valence-electron chi connectivity index (χ4n) is 3.64. The van der Waals surface area contributed by atoms with Crippen molar-refractivity contribution in [3.8, 4) is 5.75 Å². The number of ether oxygens (including phenoxy) is 1. The third-order valence-corrected chi connectivity index (χ3v) is 6.12. The first-order valence-electron chi connectivity index (χ1n) is 9.57. The standard InChI is InChI=1S/C25H24O2S/c1-26-24-14-8-13-23-21(17-27-25(23)24)18-28-16-15-22(19-9-4-2-5-10-19)20-11-6-3-7-12-20/h2-14,17,22H,15-16,18H2,1H3. The summed E-state index contributed by atoms with van der Waals surface area (Å²) < 4.78 is 11.1. The van der Waals surface area contributed by atoms with E-state index in [0.717, 1.165) is 34.6 Å². The van der Waals surface area contributed by atoms with E-state index in [4.69, 9.17) is 9.15 Å². The lowest BCUT2D eigenvalue weighted by atomic mass is 9.89. The number of methoxy groups -OCH3 is 1. The molecule has 0 radical (unpaired) electrons. The first kappa shape index (κ1) is 18.7. The molecular formula is C25H24O2S. The van der Waals surface area contributed by atoms with Gasteiger partial charge in [-0.15, -0.1) is 0 Å². The van der Waals surface area contributed by atoms with Crippen molar-refractivity contribution in [2.24, 2.45) is 0 Å². The molecular weight excluding hydrogens is 364 g/mol. The first-order valence-corrected chi connectivity index (χ1v) is 10.7. The van der Waals surface area contributed by atoms with Gasteiger partial charge >= 0.3 is 0 Å². The summed E-state index contributed by atoms with van der Waals surface area (Å²) in [5.41, 5.74) is 4.84. The lowest BCUT2D eigenvalue weighted by molar-refractivity contribution is 0.410. The Kier molecular flexibility index (Phi) is 6.03. The van der Waals surface area contributed by atoms with Crippen molar-refractivity contribution in [2.75, 3.05) is 12.9 Å². The van der Waals surface area contributed by atoms with E-state index in [2.05, 4.69) is 66.7 Å². The minimum Gasteiger partial charge on any atom is -0.493 e. The van der Waals surface area contributed by atoms with E-state index in [1.165, 1.54) is 16.7 Å². The molecule has 0 aliphatic carbocycles. The van der Waals surface area contributed by atoms with Gasteiger partial charge in [-0.05, 0) is 29.4 Å². The molecule has 0 bridgehead atoms. The molecule has 142 valence electrons. The number of fused-ring (bicyclic) bond motifs is 1. The summed E-state index contributed by atoms with van der Waals surface area (Å²) in [5.74, 6) is 3.25. The summed E-state index contributed by atoms with van der Waals surface area (Å²) in [4.78, 5) is 0. The van der Waals surface area contributed by atoms with Crippen LogP contribution in [0.2, 0.25) is 0 Å². The number of hydrogen-bond donors (Lipinski definition) is 0. The van der Waals surface area contributed by atoms with Crippen LogP contribution < -0.4 is 4.74 Å². The van der Waals surface area contributed by atoms with Crippen LogP contribution in [-0.4, -0.2) is 12.9 Å². The van der Waals surface area contributed by atoms with Gasteiger partial charge in [0.15, 0.2) is 11.3 Å². The van der Waals surface area contributed by atoms with E-state index in [1.807, 2.05) is 30.2 Å². The molecule has 0 saturated carbocycles. The van der Waals surface area contributed by atoms with Crippen LogP contribution in [0.5, 0.6) is 5.75 Å². The zero-order valence-corrected chi connectivity index (χ0v) is 16.8. The highest BCUT2D eigenvalue weighted by Gasteiger charge is 2.14. The average Bonchev–Trinajstić information content (AvgIpc) is 3.18. The van der Waals surface area contributed by atoms with Crippen LogP contribution in [0.1, 0.15) is 29.0 Å². The monoisotopic (exact) mass is 388 g/mol. The second-order valence-electron chi connectivity index (χ2n) is 6.81. The van der Waals surface area contributed by atoms with Gasteiger partial charge < -0.3 is 9.15 Å². The van der Waals surface area contributed by atoms with Crippen molar-refractivity contribution in [1.29, 1.82) is 0 Å². The number of hydrogen-bond acceptors (Lipinski definition) is 3. The van der Waals surface area contributed by atoms with E-state index in [1.54, 1.807) is 7.11 Å². The summed E-state index contributed by atoms with van der Waals surface area (Å²) in [6, 6.07) is 27.7. The van der Waals surface area contributed by atoms with Crippen LogP contribution in [0.15, 0.2) is 89.5 Å². The maximum Gasteiger partial charge on any atom is 0.175 e. The Morgan fingerprint density at radius 2 is 1.54 bits per heavy atom. The number of furan rings is 1. The van der Waals surface area contributed by atoms with Crippen LogP contribution in [0.4, 0.5) is 0 Å². The summed E-state index contributed by atoms with van der Waals surface area (Å²) in [6.45, 7) is 0. The molecule has 1 heterocycles. The Bertz CT molecular complexity index is 969. The summed E-state index contributed by atoms with van der Waals surface area (Å²) >= 11 is 1.96. The minimum atomic E-state index is 0.427. The third-order valence-electron chi connectivity index (χ3n) is 5.08. The largest absolute Gasteiger partial charge is 0.493 e. The van der Waals surface area contributed by atoms with Gasteiger partial charge in [-0.3, -0.25) is 0 Å². The highest BCUT2D eigenvalue weighted by Crippen LogP contribution is 2.33. The Labute approximate surface area is 170 Å². The third kappa shape index (κ3) is 4.10. The molecule has 0 N–H and O–H groups in total. The Morgan fingerprint density at radius 1 is 0.857 bits per heavy atom. The molecule has 0 aliphatic rings. The van der Waals surface area contributed by atoms with Crippen LogP contribution >= 0.6 is 11.8 Å². The predicted octanol–water partition coefficient (Wildman–Crippen LogP) is 6.90. The fourth-order valence-corrected chi connectivity index (χ4v) is 4.63. The van der Waals surface area contributed by atoms with E-state index < -0.39 is 0 Å². The molecule has 4 rings (SSSR count). The zero-order chi connectivity index (χ0) is 19.2. The fraction of sp³-hybridized carbons (Fsp3) is 0.200. The van der Waals surface area contributed by atoms with Crippen molar-refractivity contribution in [2.45, 2.75) is 18.1 Å². The lowest BCUT2D eigenvalue weighted by Gasteiger charge is -2.18. The molecule has 3 heteroatoms. The molecule has 0 fully saturated rings. The minimum absolute atomic E-state index is 0.427. The van der Waals surface area contributed by atoms with Crippen LogP contribution in [0, 0.1) is 0 Å². The molecule has 3 aromatic carbocycles. The predicted molar refractivity (Wildman–Crippen MR) is 118 cm³/mol. The quantitative estimate of drug-likeness (QED) is 0.307. The highest BCUT2D eigenvalue weighted by molar-refractivity contribution is 7.98. The SMILES string of the molecule is COc1cccc2c(CSCCC(c3ccccc3)c3ccccc3)coc12. The van der Waals surface area contributed by atoms with E-state index >= 15 is 0 Å². The smallest absolute Gasteiger partial charge is 0.175 e. The van der Waals surface area contributed by atoms with Gasteiger partial charge in [0.1, 0.15) is 0 Å². The molecule has 4 aromatic rings. The number of benzene rings is 3. The van der Waals surface area contributed by atoms with Crippen molar-refractivity contribution in [3.05, 3.63) is 102 Å². The molecule has 0 atom stereocenters. The summed E-state index contributed by atoms with van der Waals surface area (Å²) in [5, 5.41) is 1.15. The molecule has 0 saturated heterocycles. The second kappa shape index (κ2) is 9.03. The molecule has 0 spiro atoms. The number of rotatable bonds is 8. The van der Waals surface area contributed by atoms with Crippen LogP contribution in [-0.2, 0) is 5.75 Å². The van der Waals surface area contributed by atoms with E-state index in [9.17, 15) is 0 Å². The van der Waals surface area contributed by atoms with Crippen LogP contribution in [0.3, 0.4) is 0 Å². The van der Waals surface area contributed by atoms with Gasteiger partial charge in [-0.2, -0.15) is 11.8 Å². The van der Waals surface area contributed by atoms with Crippen molar-refractivity contribution in [1.82, 2.24) is 0 Å². The van der Waals surface area contributed by atoms with Gasteiger partial charge in [-0.1, -0.05) is 72.8 Å². The number of thioether (sulfide) groups is 1. The topological polar surface area (TPSA) is 22.4 Å². The first-order chi connectivity index (χ1) is 13.9. The Morgan fingerprint density at radius 3 is 2.18 bits per heavy atom. The van der Waals surface area contributed by atoms with E-state index in [0.29, 0.717) is 5.92 Å². The maximum absolute atomic E-state index is 5.75. The maximum atomic E-state index is 5.75. The normalized spacial score (nSPS) is 11.2. The second-order valence-corrected chi connectivity index (χ2v) is 7.92. The van der Waals surface area contributed by atoms with Crippen LogP contribution in [0.25, 0.3) is 11.0 Å². The molecule has 0 aliphatic heterocycles. The Balaban J connectivity index is 1.43. The highest BCUT2D eigenvalue weighted by atomic mass is 32.2. The average molecular weight is 389 g/mol. The van der Waals surface area contributed by atoms with Gasteiger partial charge in [0.2, 0.25) is 0 Å². The Hall–Kier alpha value is -2.65. The lowest BCUT2D eigenvalue weighted by Crippen LogP contribution is -2.02. The molecule has 0 amide bonds.